The maximum absolute atomic E-state index is 12.2. The minimum absolute atomic E-state index is 0.113. The fourth-order valence-electron chi connectivity index (χ4n) is 2.06. The van der Waals surface area contributed by atoms with Gasteiger partial charge in [0.15, 0.2) is 0 Å². The number of ether oxygens (including phenoxy) is 1. The molecular weight excluding hydrogens is 344 g/mol. The average Bonchev–Trinajstić information content (AvgIpc) is 2.87. The molecule has 0 unspecified atom stereocenters. The van der Waals surface area contributed by atoms with Crippen LogP contribution in [0.2, 0.25) is 0 Å². The van der Waals surface area contributed by atoms with E-state index in [1.165, 1.54) is 7.05 Å². The molecule has 0 aliphatic rings. The predicted octanol–water partition coefficient (Wildman–Crippen LogP) is 0.683. The molecule has 0 aromatic carbocycles. The van der Waals surface area contributed by atoms with Crippen molar-refractivity contribution >= 4 is 34.1 Å². The van der Waals surface area contributed by atoms with Crippen molar-refractivity contribution in [3.63, 3.8) is 0 Å². The SMILES string of the molecule is CCOC(=O)c1c(NC(=O)CNCCN(C)C)sc(C(=O)NC)c1C. The van der Waals surface area contributed by atoms with Gasteiger partial charge in [0.25, 0.3) is 5.91 Å². The molecule has 0 saturated heterocycles. The second-order valence-corrected chi connectivity index (χ2v) is 6.61. The Kier molecular flexibility index (Phi) is 8.53. The predicted molar refractivity (Wildman–Crippen MR) is 98.5 cm³/mol. The Labute approximate surface area is 151 Å². The van der Waals surface area contributed by atoms with Gasteiger partial charge in [-0.2, -0.15) is 0 Å². The fraction of sp³-hybridized carbons (Fsp3) is 0.562. The second kappa shape index (κ2) is 10.1. The molecule has 0 fully saturated rings. The standard InChI is InChI=1S/C16H26N4O4S/c1-6-24-16(23)12-10(2)13(14(22)17-3)25-15(12)19-11(21)9-18-7-8-20(4)5/h18H,6-9H2,1-5H3,(H,17,22)(H,19,21). The fourth-order valence-corrected chi connectivity index (χ4v) is 3.21. The summed E-state index contributed by atoms with van der Waals surface area (Å²) in [4.78, 5) is 38.7. The molecule has 2 amide bonds. The molecular formula is C16H26N4O4S. The third kappa shape index (κ3) is 6.11. The van der Waals surface area contributed by atoms with Crippen LogP contribution in [0.25, 0.3) is 0 Å². The highest BCUT2D eigenvalue weighted by molar-refractivity contribution is 7.18. The van der Waals surface area contributed by atoms with E-state index < -0.39 is 5.97 Å². The van der Waals surface area contributed by atoms with Crippen LogP contribution < -0.4 is 16.0 Å². The molecule has 0 radical (unpaired) electrons. The van der Waals surface area contributed by atoms with Gasteiger partial charge >= 0.3 is 5.97 Å². The maximum Gasteiger partial charge on any atom is 0.341 e. The number of hydrogen-bond acceptors (Lipinski definition) is 7. The molecule has 3 N–H and O–H groups in total. The van der Waals surface area contributed by atoms with E-state index in [9.17, 15) is 14.4 Å². The summed E-state index contributed by atoms with van der Waals surface area (Å²) < 4.78 is 5.05. The number of likely N-dealkylation sites (N-methyl/N-ethyl adjacent to an activating group) is 1. The number of carbonyl (C=O) groups is 3. The molecule has 0 spiro atoms. The zero-order valence-electron chi connectivity index (χ0n) is 15.3. The number of nitrogens with zero attached hydrogens (tertiary/aromatic N) is 1. The molecule has 8 nitrogen and oxygen atoms in total. The van der Waals surface area contributed by atoms with Crippen LogP contribution in [0.15, 0.2) is 0 Å². The van der Waals surface area contributed by atoms with Crippen LogP contribution in [-0.2, 0) is 9.53 Å². The second-order valence-electron chi connectivity index (χ2n) is 5.59. The van der Waals surface area contributed by atoms with Crippen molar-refractivity contribution in [3.8, 4) is 0 Å². The van der Waals surface area contributed by atoms with Crippen molar-refractivity contribution in [2.24, 2.45) is 0 Å². The number of anilines is 1. The summed E-state index contributed by atoms with van der Waals surface area (Å²) in [6.07, 6.45) is 0. The van der Waals surface area contributed by atoms with Gasteiger partial charge in [-0.15, -0.1) is 11.3 Å². The van der Waals surface area contributed by atoms with Crippen molar-refractivity contribution in [1.82, 2.24) is 15.5 Å². The van der Waals surface area contributed by atoms with E-state index >= 15 is 0 Å². The van der Waals surface area contributed by atoms with Gasteiger partial charge < -0.3 is 25.6 Å². The van der Waals surface area contributed by atoms with Gasteiger partial charge in [-0.05, 0) is 33.5 Å². The number of thiophene rings is 1. The molecule has 0 bridgehead atoms. The Morgan fingerprint density at radius 3 is 2.48 bits per heavy atom. The van der Waals surface area contributed by atoms with Crippen molar-refractivity contribution in [1.29, 1.82) is 0 Å². The van der Waals surface area contributed by atoms with Crippen LogP contribution in [0.3, 0.4) is 0 Å². The lowest BCUT2D eigenvalue weighted by atomic mass is 10.1. The zero-order valence-corrected chi connectivity index (χ0v) is 16.1. The molecule has 1 aromatic rings. The van der Waals surface area contributed by atoms with Gasteiger partial charge in [0, 0.05) is 20.1 Å². The van der Waals surface area contributed by atoms with Crippen molar-refractivity contribution in [2.75, 3.05) is 52.7 Å². The van der Waals surface area contributed by atoms with Gasteiger partial charge in [0.1, 0.15) is 5.00 Å². The lowest BCUT2D eigenvalue weighted by Gasteiger charge is -2.10. The first-order chi connectivity index (χ1) is 11.8. The largest absolute Gasteiger partial charge is 0.462 e. The van der Waals surface area contributed by atoms with Gasteiger partial charge in [0.2, 0.25) is 5.91 Å². The smallest absolute Gasteiger partial charge is 0.341 e. The number of hydrogen-bond donors (Lipinski definition) is 3. The minimum Gasteiger partial charge on any atom is -0.462 e. The van der Waals surface area contributed by atoms with Gasteiger partial charge in [0.05, 0.1) is 23.6 Å². The number of carbonyl (C=O) groups excluding carboxylic acids is 3. The Morgan fingerprint density at radius 2 is 1.92 bits per heavy atom. The Hall–Kier alpha value is -1.97. The monoisotopic (exact) mass is 370 g/mol. The first-order valence-electron chi connectivity index (χ1n) is 7.99. The van der Waals surface area contributed by atoms with Crippen LogP contribution in [-0.4, -0.2) is 70.1 Å². The summed E-state index contributed by atoms with van der Waals surface area (Å²) in [6.45, 7) is 5.16. The molecule has 140 valence electrons. The van der Waals surface area contributed by atoms with Crippen LogP contribution >= 0.6 is 11.3 Å². The lowest BCUT2D eigenvalue weighted by molar-refractivity contribution is -0.115. The molecule has 9 heteroatoms. The van der Waals surface area contributed by atoms with Gasteiger partial charge in [-0.25, -0.2) is 4.79 Å². The Bertz CT molecular complexity index is 628. The number of rotatable bonds is 9. The van der Waals surface area contributed by atoms with Crippen molar-refractivity contribution in [3.05, 3.63) is 16.0 Å². The van der Waals surface area contributed by atoms with Gasteiger partial charge in [-0.1, -0.05) is 0 Å². The number of nitrogens with one attached hydrogen (secondary N) is 3. The molecule has 0 aliphatic carbocycles. The molecule has 1 aromatic heterocycles. The molecule has 25 heavy (non-hydrogen) atoms. The van der Waals surface area contributed by atoms with Crippen LogP contribution in [0.5, 0.6) is 0 Å². The van der Waals surface area contributed by atoms with E-state index in [0.29, 0.717) is 22.0 Å². The molecule has 0 saturated carbocycles. The maximum atomic E-state index is 12.2. The van der Waals surface area contributed by atoms with Crippen molar-refractivity contribution < 1.29 is 19.1 Å². The van der Waals surface area contributed by atoms with E-state index in [0.717, 1.165) is 17.9 Å². The zero-order chi connectivity index (χ0) is 19.0. The Morgan fingerprint density at radius 1 is 1.24 bits per heavy atom. The normalized spacial score (nSPS) is 10.6. The van der Waals surface area contributed by atoms with Gasteiger partial charge in [-0.3, -0.25) is 9.59 Å². The number of esters is 1. The lowest BCUT2D eigenvalue weighted by Crippen LogP contribution is -2.33. The summed E-state index contributed by atoms with van der Waals surface area (Å²) in [5.41, 5.74) is 0.728. The summed E-state index contributed by atoms with van der Waals surface area (Å²) >= 11 is 1.06. The minimum atomic E-state index is -0.553. The van der Waals surface area contributed by atoms with Crippen LogP contribution in [0.1, 0.15) is 32.5 Å². The number of amides is 2. The van der Waals surface area contributed by atoms with E-state index in [2.05, 4.69) is 16.0 Å². The molecule has 0 aliphatic heterocycles. The van der Waals surface area contributed by atoms with E-state index in [4.69, 9.17) is 4.74 Å². The molecule has 0 atom stereocenters. The highest BCUT2D eigenvalue weighted by Gasteiger charge is 2.26. The van der Waals surface area contributed by atoms with E-state index in [-0.39, 0.29) is 30.5 Å². The Balaban J connectivity index is 2.91. The van der Waals surface area contributed by atoms with Crippen LogP contribution in [0.4, 0.5) is 5.00 Å². The summed E-state index contributed by atoms with van der Waals surface area (Å²) in [5.74, 6) is -1.14. The van der Waals surface area contributed by atoms with Crippen LogP contribution in [0, 0.1) is 6.92 Å². The summed E-state index contributed by atoms with van der Waals surface area (Å²) in [7, 11) is 5.41. The average molecular weight is 370 g/mol. The highest BCUT2D eigenvalue weighted by atomic mass is 32.1. The van der Waals surface area contributed by atoms with E-state index in [1.807, 2.05) is 19.0 Å². The molecule has 1 rings (SSSR count). The highest BCUT2D eigenvalue weighted by Crippen LogP contribution is 2.33. The third-order valence-corrected chi connectivity index (χ3v) is 4.54. The topological polar surface area (TPSA) is 99.8 Å². The summed E-state index contributed by atoms with van der Waals surface area (Å²) in [5, 5.41) is 8.58. The summed E-state index contributed by atoms with van der Waals surface area (Å²) in [6, 6.07) is 0. The quantitative estimate of drug-likeness (QED) is 0.437. The first-order valence-corrected chi connectivity index (χ1v) is 8.81. The van der Waals surface area contributed by atoms with Crippen molar-refractivity contribution in [2.45, 2.75) is 13.8 Å². The molecule has 1 heterocycles. The third-order valence-electron chi connectivity index (χ3n) is 3.33. The first kappa shape index (κ1) is 21.1. The van der Waals surface area contributed by atoms with E-state index in [1.54, 1.807) is 13.8 Å².